The second-order valence-corrected chi connectivity index (χ2v) is 4.39. The minimum Gasteiger partial charge on any atom is -0.465 e. The van der Waals surface area contributed by atoms with E-state index in [1.165, 1.54) is 0 Å². The number of amides is 1. The number of hydrogen-bond donors (Lipinski definition) is 1. The third-order valence-corrected chi connectivity index (χ3v) is 3.11. The second kappa shape index (κ2) is 3.21. The van der Waals surface area contributed by atoms with Gasteiger partial charge in [-0.2, -0.15) is 0 Å². The van der Waals surface area contributed by atoms with Gasteiger partial charge < -0.3 is 5.11 Å². The molecule has 0 bridgehead atoms. The van der Waals surface area contributed by atoms with Gasteiger partial charge in [0.05, 0.1) is 23.7 Å². The van der Waals surface area contributed by atoms with Gasteiger partial charge >= 0.3 is 6.09 Å². The van der Waals surface area contributed by atoms with Crippen LogP contribution in [0.25, 0.3) is 0 Å². The Morgan fingerprint density at radius 2 is 2.29 bits per heavy atom. The lowest BCUT2D eigenvalue weighted by molar-refractivity contribution is 0.0877. The Morgan fingerprint density at radius 1 is 1.57 bits per heavy atom. The zero-order valence-corrected chi connectivity index (χ0v) is 8.43. The molecule has 2 rings (SSSR count). The number of aromatic nitrogens is 1. The van der Waals surface area contributed by atoms with Crippen molar-refractivity contribution in [3.8, 4) is 0 Å². The molecule has 0 aromatic carbocycles. The maximum Gasteiger partial charge on any atom is 0.408 e. The van der Waals surface area contributed by atoms with Crippen LogP contribution in [-0.2, 0) is 6.54 Å². The molecule has 14 heavy (non-hydrogen) atoms. The van der Waals surface area contributed by atoms with Crippen LogP contribution in [0.1, 0.15) is 15.4 Å². The molecule has 1 amide bonds. The van der Waals surface area contributed by atoms with Gasteiger partial charge in [0.25, 0.3) is 0 Å². The summed E-state index contributed by atoms with van der Waals surface area (Å²) in [4.78, 5) is 27.4. The van der Waals surface area contributed by atoms with Crippen molar-refractivity contribution in [2.24, 2.45) is 0 Å². The number of ketones is 1. The van der Waals surface area contributed by atoms with Crippen LogP contribution in [0.2, 0.25) is 4.47 Å². The number of halogens is 1. The molecule has 7 heteroatoms. The number of nitrogens with zero attached hydrogens (tertiary/aromatic N) is 2. The summed E-state index contributed by atoms with van der Waals surface area (Å²) in [5, 5.41) is 8.70. The molecule has 74 valence electrons. The Balaban J connectivity index is 2.37. The van der Waals surface area contributed by atoms with Gasteiger partial charge in [-0.05, 0) is 0 Å². The standard InChI is InChI=1S/C7H5ClN2O3S/c8-6-9-3-1-10(7(12)13)2-4(11)5(3)14-6/h1-2H2,(H,12,13). The molecule has 0 atom stereocenters. The van der Waals surface area contributed by atoms with Gasteiger partial charge in [-0.25, -0.2) is 9.78 Å². The Bertz CT molecular complexity index is 417. The largest absolute Gasteiger partial charge is 0.465 e. The van der Waals surface area contributed by atoms with Crippen molar-refractivity contribution in [1.29, 1.82) is 0 Å². The van der Waals surface area contributed by atoms with Crippen LogP contribution in [0.3, 0.4) is 0 Å². The number of carbonyl (C=O) groups is 2. The zero-order chi connectivity index (χ0) is 10.3. The van der Waals surface area contributed by atoms with Crippen LogP contribution < -0.4 is 0 Å². The van der Waals surface area contributed by atoms with E-state index in [4.69, 9.17) is 16.7 Å². The molecular formula is C7H5ClN2O3S. The number of carbonyl (C=O) groups excluding carboxylic acids is 1. The first-order valence-corrected chi connectivity index (χ1v) is 4.93. The maximum atomic E-state index is 11.4. The molecule has 0 spiro atoms. The molecule has 1 aromatic heterocycles. The van der Waals surface area contributed by atoms with Gasteiger partial charge in [0.1, 0.15) is 0 Å². The maximum absolute atomic E-state index is 11.4. The molecule has 0 radical (unpaired) electrons. The molecule has 1 N–H and O–H groups in total. The van der Waals surface area contributed by atoms with Gasteiger partial charge in [-0.1, -0.05) is 22.9 Å². The van der Waals surface area contributed by atoms with Crippen LogP contribution in [0.15, 0.2) is 0 Å². The van der Waals surface area contributed by atoms with Gasteiger partial charge in [0.2, 0.25) is 0 Å². The number of carboxylic acid groups (broad SMARTS) is 1. The van der Waals surface area contributed by atoms with Crippen molar-refractivity contribution in [2.75, 3.05) is 6.54 Å². The summed E-state index contributed by atoms with van der Waals surface area (Å²) in [5.41, 5.74) is 0.457. The molecule has 1 aromatic rings. The first kappa shape index (κ1) is 9.42. The number of hydrogen-bond acceptors (Lipinski definition) is 4. The minimum atomic E-state index is -1.12. The summed E-state index contributed by atoms with van der Waals surface area (Å²) in [5.74, 6) is -0.238. The van der Waals surface area contributed by atoms with Crippen molar-refractivity contribution in [3.05, 3.63) is 15.0 Å². The molecule has 0 unspecified atom stereocenters. The highest BCUT2D eigenvalue weighted by Crippen LogP contribution is 2.27. The van der Waals surface area contributed by atoms with Crippen molar-refractivity contribution in [2.45, 2.75) is 6.54 Å². The fourth-order valence-electron chi connectivity index (χ4n) is 1.26. The summed E-state index contributed by atoms with van der Waals surface area (Å²) < 4.78 is 0.274. The van der Waals surface area contributed by atoms with Gasteiger partial charge in [0.15, 0.2) is 10.3 Å². The predicted molar refractivity (Wildman–Crippen MR) is 49.9 cm³/mol. The Kier molecular flexibility index (Phi) is 2.16. The molecule has 2 heterocycles. The monoisotopic (exact) mass is 232 g/mol. The first-order valence-electron chi connectivity index (χ1n) is 3.74. The summed E-state index contributed by atoms with van der Waals surface area (Å²) in [6.07, 6.45) is -1.12. The highest BCUT2D eigenvalue weighted by Gasteiger charge is 2.29. The van der Waals surface area contributed by atoms with E-state index < -0.39 is 6.09 Å². The lowest BCUT2D eigenvalue weighted by atomic mass is 10.2. The van der Waals surface area contributed by atoms with Crippen LogP contribution >= 0.6 is 22.9 Å². The van der Waals surface area contributed by atoms with E-state index in [-0.39, 0.29) is 23.3 Å². The van der Waals surface area contributed by atoms with Gasteiger partial charge in [-0.3, -0.25) is 9.69 Å². The van der Waals surface area contributed by atoms with E-state index in [9.17, 15) is 9.59 Å². The number of fused-ring (bicyclic) bond motifs is 1. The molecule has 0 saturated carbocycles. The van der Waals surface area contributed by atoms with Crippen LogP contribution in [0.4, 0.5) is 4.79 Å². The Hall–Kier alpha value is -1.14. The summed E-state index contributed by atoms with van der Waals surface area (Å²) >= 11 is 6.73. The number of Topliss-reactive ketones (excluding diaryl/α,β-unsaturated/α-hetero) is 1. The third-order valence-electron chi connectivity index (χ3n) is 1.87. The topological polar surface area (TPSA) is 70.5 Å². The average molecular weight is 233 g/mol. The fourth-order valence-corrected chi connectivity index (χ4v) is 2.33. The predicted octanol–water partition coefficient (Wildman–Crippen LogP) is 1.47. The Labute approximate surface area is 87.9 Å². The molecule has 1 aliphatic rings. The van der Waals surface area contributed by atoms with Gasteiger partial charge in [-0.15, -0.1) is 0 Å². The first-order chi connectivity index (χ1) is 6.58. The molecule has 0 fully saturated rings. The molecule has 1 aliphatic heterocycles. The smallest absolute Gasteiger partial charge is 0.408 e. The minimum absolute atomic E-state index is 0.110. The lowest BCUT2D eigenvalue weighted by Crippen LogP contribution is -2.38. The van der Waals surface area contributed by atoms with E-state index in [1.807, 2.05) is 0 Å². The number of rotatable bonds is 0. The van der Waals surface area contributed by atoms with E-state index >= 15 is 0 Å². The molecule has 0 saturated heterocycles. The van der Waals surface area contributed by atoms with E-state index in [2.05, 4.69) is 4.98 Å². The van der Waals surface area contributed by atoms with Crippen molar-refractivity contribution >= 4 is 34.8 Å². The highest BCUT2D eigenvalue weighted by molar-refractivity contribution is 7.17. The Morgan fingerprint density at radius 3 is 2.93 bits per heavy atom. The second-order valence-electron chi connectivity index (χ2n) is 2.80. The molecule has 0 aliphatic carbocycles. The van der Waals surface area contributed by atoms with Crippen molar-refractivity contribution in [3.63, 3.8) is 0 Å². The van der Waals surface area contributed by atoms with E-state index in [0.29, 0.717) is 10.6 Å². The summed E-state index contributed by atoms with van der Waals surface area (Å²) in [7, 11) is 0. The fraction of sp³-hybridized carbons (Fsp3) is 0.286. The molecular weight excluding hydrogens is 228 g/mol. The summed E-state index contributed by atoms with van der Waals surface area (Å²) in [6.45, 7) is 0.0283. The SMILES string of the molecule is O=C1CN(C(=O)O)Cc2nc(Cl)sc21. The van der Waals surface area contributed by atoms with Crippen LogP contribution in [0.5, 0.6) is 0 Å². The van der Waals surface area contributed by atoms with E-state index in [1.54, 1.807) is 0 Å². The normalized spacial score (nSPS) is 15.5. The zero-order valence-electron chi connectivity index (χ0n) is 6.86. The molecule has 5 nitrogen and oxygen atoms in total. The van der Waals surface area contributed by atoms with E-state index in [0.717, 1.165) is 16.2 Å². The third kappa shape index (κ3) is 1.46. The lowest BCUT2D eigenvalue weighted by Gasteiger charge is -2.21. The van der Waals surface area contributed by atoms with Crippen LogP contribution in [-0.4, -0.2) is 33.4 Å². The summed E-state index contributed by atoms with van der Waals surface area (Å²) in [6, 6.07) is 0. The van der Waals surface area contributed by atoms with Crippen molar-refractivity contribution in [1.82, 2.24) is 9.88 Å². The van der Waals surface area contributed by atoms with Crippen molar-refractivity contribution < 1.29 is 14.7 Å². The highest BCUT2D eigenvalue weighted by atomic mass is 35.5. The van der Waals surface area contributed by atoms with Crippen LogP contribution in [0, 0.1) is 0 Å². The quantitative estimate of drug-likeness (QED) is 0.735. The number of thiazole rings is 1. The van der Waals surface area contributed by atoms with Gasteiger partial charge in [0, 0.05) is 0 Å². The average Bonchev–Trinajstić information content (AvgIpc) is 2.45.